The number of aromatic nitrogens is 6. The monoisotopic (exact) mass is 350 g/mol. The van der Waals surface area contributed by atoms with Crippen molar-refractivity contribution < 1.29 is 19.0 Å². The van der Waals surface area contributed by atoms with Gasteiger partial charge in [0.2, 0.25) is 0 Å². The van der Waals surface area contributed by atoms with E-state index in [0.29, 0.717) is 11.8 Å². The van der Waals surface area contributed by atoms with Crippen LogP contribution in [0.4, 0.5) is 8.78 Å². The third-order valence-corrected chi connectivity index (χ3v) is 4.14. The van der Waals surface area contributed by atoms with E-state index in [9.17, 15) is 19.0 Å². The first kappa shape index (κ1) is 17.1. The molecule has 2 aromatic heterocycles. The molecule has 2 heterocycles. The Hall–Kier alpha value is -2.72. The number of hydrogen-bond donors (Lipinski definition) is 2. The van der Waals surface area contributed by atoms with Crippen LogP contribution >= 0.6 is 0 Å². The summed E-state index contributed by atoms with van der Waals surface area (Å²) in [6.45, 7) is 1.07. The highest BCUT2D eigenvalue weighted by molar-refractivity contribution is 5.26. The van der Waals surface area contributed by atoms with Gasteiger partial charge in [0.25, 0.3) is 0 Å². The Morgan fingerprint density at radius 3 is 2.76 bits per heavy atom. The molecule has 2 N–H and O–H groups in total. The van der Waals surface area contributed by atoms with Crippen LogP contribution in [0.2, 0.25) is 0 Å². The summed E-state index contributed by atoms with van der Waals surface area (Å²) in [4.78, 5) is 3.80. The smallest absolute Gasteiger partial charge is 0.137 e. The van der Waals surface area contributed by atoms with Gasteiger partial charge in [-0.3, -0.25) is 0 Å². The Labute approximate surface area is 141 Å². The third-order valence-electron chi connectivity index (χ3n) is 4.14. The van der Waals surface area contributed by atoms with Crippen molar-refractivity contribution in [3.63, 3.8) is 0 Å². The van der Waals surface area contributed by atoms with Crippen LogP contribution in [-0.4, -0.2) is 40.0 Å². The molecule has 0 radical (unpaired) electrons. The fourth-order valence-electron chi connectivity index (χ4n) is 2.75. The van der Waals surface area contributed by atoms with Crippen molar-refractivity contribution in [1.82, 2.24) is 29.8 Å². The molecule has 0 amide bonds. The van der Waals surface area contributed by atoms with E-state index in [1.54, 1.807) is 6.92 Å². The number of hydrogen-bond acceptors (Lipinski definition) is 6. The molecule has 0 aliphatic carbocycles. The first-order chi connectivity index (χ1) is 12.0. The zero-order chi connectivity index (χ0) is 18.0. The molecular weight excluding hydrogens is 334 g/mol. The van der Waals surface area contributed by atoms with E-state index in [1.165, 1.54) is 34.3 Å². The Morgan fingerprint density at radius 1 is 1.32 bits per heavy atom. The predicted octanol–water partition coefficient (Wildman–Crippen LogP) is 0.789. The summed E-state index contributed by atoms with van der Waals surface area (Å²) in [5, 5.41) is 32.3. The maximum atomic E-state index is 14.4. The van der Waals surface area contributed by atoms with Crippen LogP contribution in [0.3, 0.4) is 0 Å². The average molecular weight is 350 g/mol. The Bertz CT molecular complexity index is 854. The zero-order valence-electron chi connectivity index (χ0n) is 13.3. The van der Waals surface area contributed by atoms with Gasteiger partial charge in [-0.1, -0.05) is 11.3 Å². The fourth-order valence-corrected chi connectivity index (χ4v) is 2.75. The number of aliphatic hydroxyl groups excluding tert-OH is 1. The Morgan fingerprint density at radius 2 is 2.12 bits per heavy atom. The van der Waals surface area contributed by atoms with E-state index < -0.39 is 23.3 Å². The van der Waals surface area contributed by atoms with E-state index >= 15 is 0 Å². The van der Waals surface area contributed by atoms with Gasteiger partial charge in [-0.15, -0.1) is 5.10 Å². The molecule has 8 nitrogen and oxygen atoms in total. The molecule has 10 heteroatoms. The van der Waals surface area contributed by atoms with Gasteiger partial charge in [-0.2, -0.15) is 5.10 Å². The molecule has 3 rings (SSSR count). The van der Waals surface area contributed by atoms with Crippen molar-refractivity contribution in [1.29, 1.82) is 0 Å². The van der Waals surface area contributed by atoms with Crippen molar-refractivity contribution in [2.75, 3.05) is 0 Å². The van der Waals surface area contributed by atoms with Crippen LogP contribution in [0.1, 0.15) is 24.2 Å². The maximum absolute atomic E-state index is 14.4. The molecule has 0 spiro atoms. The van der Waals surface area contributed by atoms with E-state index in [2.05, 4.69) is 20.4 Å². The second-order valence-corrected chi connectivity index (χ2v) is 5.65. The minimum absolute atomic E-state index is 0.128. The summed E-state index contributed by atoms with van der Waals surface area (Å²) in [7, 11) is 0. The van der Waals surface area contributed by atoms with Gasteiger partial charge in [0.05, 0.1) is 31.1 Å². The molecule has 3 aromatic rings. The molecule has 0 fully saturated rings. The molecule has 0 saturated heterocycles. The lowest BCUT2D eigenvalue weighted by Gasteiger charge is -2.35. The highest BCUT2D eigenvalue weighted by Gasteiger charge is 2.41. The second-order valence-electron chi connectivity index (χ2n) is 5.65. The van der Waals surface area contributed by atoms with Crippen molar-refractivity contribution in [3.8, 4) is 0 Å². The molecule has 0 unspecified atom stereocenters. The zero-order valence-corrected chi connectivity index (χ0v) is 13.3. The van der Waals surface area contributed by atoms with Gasteiger partial charge >= 0.3 is 0 Å². The van der Waals surface area contributed by atoms with Gasteiger partial charge in [0.1, 0.15) is 29.9 Å². The van der Waals surface area contributed by atoms with E-state index in [1.807, 2.05) is 0 Å². The summed E-state index contributed by atoms with van der Waals surface area (Å²) in [5.41, 5.74) is -1.65. The number of aliphatic hydroxyl groups is 2. The first-order valence-electron chi connectivity index (χ1n) is 7.46. The molecule has 25 heavy (non-hydrogen) atoms. The first-order valence-corrected chi connectivity index (χ1v) is 7.46. The molecule has 132 valence electrons. The molecule has 0 aliphatic heterocycles. The average Bonchev–Trinajstić information content (AvgIpc) is 3.24. The predicted molar refractivity (Wildman–Crippen MR) is 80.9 cm³/mol. The number of nitrogens with zero attached hydrogens (tertiary/aromatic N) is 6. The maximum Gasteiger partial charge on any atom is 0.137 e. The standard InChI is InChI=1S/C15H16F2N6O2/c1-10(23-12(6-24)5-19-21-23)15(25,7-22-9-18-8-20-22)13-3-2-11(16)4-14(13)17/h2-5,8-10,24-25H,6-7H2,1H3/t10-,15-/m1/s1. The highest BCUT2D eigenvalue weighted by atomic mass is 19.1. The van der Waals surface area contributed by atoms with E-state index in [0.717, 1.165) is 6.07 Å². The van der Waals surface area contributed by atoms with E-state index in [-0.39, 0.29) is 18.7 Å². The lowest BCUT2D eigenvalue weighted by molar-refractivity contribution is -0.0390. The van der Waals surface area contributed by atoms with E-state index in [4.69, 9.17) is 0 Å². The van der Waals surface area contributed by atoms with Crippen LogP contribution in [0.15, 0.2) is 37.1 Å². The van der Waals surface area contributed by atoms with Gasteiger partial charge in [0.15, 0.2) is 0 Å². The van der Waals surface area contributed by atoms with Gasteiger partial charge in [-0.25, -0.2) is 23.1 Å². The Kier molecular flexibility index (Phi) is 4.55. The quantitative estimate of drug-likeness (QED) is 0.681. The molecule has 1 aromatic carbocycles. The van der Waals surface area contributed by atoms with Crippen molar-refractivity contribution >= 4 is 0 Å². The molecule has 0 bridgehead atoms. The fraction of sp³-hybridized carbons (Fsp3) is 0.333. The van der Waals surface area contributed by atoms with Crippen LogP contribution < -0.4 is 0 Å². The summed E-state index contributed by atoms with van der Waals surface area (Å²) in [5.74, 6) is -1.66. The van der Waals surface area contributed by atoms with Gasteiger partial charge in [-0.05, 0) is 13.0 Å². The topological polar surface area (TPSA) is 102 Å². The molecule has 0 saturated carbocycles. The Balaban J connectivity index is 2.11. The van der Waals surface area contributed by atoms with Crippen molar-refractivity contribution in [3.05, 3.63) is 59.9 Å². The number of halogens is 2. The molecule has 2 atom stereocenters. The van der Waals surface area contributed by atoms with Gasteiger partial charge < -0.3 is 10.2 Å². The van der Waals surface area contributed by atoms with Crippen LogP contribution in [0.25, 0.3) is 0 Å². The highest BCUT2D eigenvalue weighted by Crippen LogP contribution is 2.36. The normalized spacial score (nSPS) is 15.1. The van der Waals surface area contributed by atoms with Crippen LogP contribution in [0.5, 0.6) is 0 Å². The summed E-state index contributed by atoms with van der Waals surface area (Å²) in [6.07, 6.45) is 3.99. The second kappa shape index (κ2) is 6.65. The molecule has 0 aliphatic rings. The van der Waals surface area contributed by atoms with Crippen molar-refractivity contribution in [2.24, 2.45) is 0 Å². The lowest BCUT2D eigenvalue weighted by atomic mass is 9.86. The third kappa shape index (κ3) is 3.13. The largest absolute Gasteiger partial charge is 0.390 e. The molecular formula is C15H16F2N6O2. The van der Waals surface area contributed by atoms with Crippen LogP contribution in [-0.2, 0) is 18.8 Å². The lowest BCUT2D eigenvalue weighted by Crippen LogP contribution is -2.41. The number of benzene rings is 1. The van der Waals surface area contributed by atoms with Crippen molar-refractivity contribution in [2.45, 2.75) is 31.7 Å². The minimum Gasteiger partial charge on any atom is -0.390 e. The SMILES string of the molecule is C[C@@H](n1nncc1CO)[C@](O)(Cn1cncn1)c1ccc(F)cc1F. The van der Waals surface area contributed by atoms with Crippen LogP contribution in [0, 0.1) is 11.6 Å². The summed E-state index contributed by atoms with van der Waals surface area (Å²) >= 11 is 0. The number of rotatable bonds is 6. The minimum atomic E-state index is -1.86. The summed E-state index contributed by atoms with van der Waals surface area (Å²) in [6, 6.07) is 2.09. The summed E-state index contributed by atoms with van der Waals surface area (Å²) < 4.78 is 30.3. The van der Waals surface area contributed by atoms with Gasteiger partial charge in [0, 0.05) is 11.6 Å².